The van der Waals surface area contributed by atoms with E-state index in [-0.39, 0.29) is 29.8 Å². The molecule has 5 heteroatoms. The highest BCUT2D eigenvalue weighted by Gasteiger charge is 2.42. The first-order valence-electron chi connectivity index (χ1n) is 13.0. The Labute approximate surface area is 203 Å². The summed E-state index contributed by atoms with van der Waals surface area (Å²) in [4.78, 5) is 28.0. The maximum absolute atomic E-state index is 13.4. The molecule has 1 saturated carbocycles. The van der Waals surface area contributed by atoms with Gasteiger partial charge in [-0.05, 0) is 74.5 Å². The van der Waals surface area contributed by atoms with Crippen LogP contribution in [0.15, 0.2) is 54.3 Å². The van der Waals surface area contributed by atoms with Crippen molar-refractivity contribution in [2.75, 3.05) is 0 Å². The van der Waals surface area contributed by atoms with Crippen LogP contribution in [0.1, 0.15) is 69.8 Å². The first kappa shape index (κ1) is 24.7. The third kappa shape index (κ3) is 5.14. The SMILES string of the molecule is CC/C(=C/C=C/[C@@H]1C=C[C@H]2CCC[C@@H]2[C@@H]1C(=O)c1ccc[nH]1)[C@H]1O[C@@H]([C@H](C)C(=O)O)CC[C@@H]1C. The van der Waals surface area contributed by atoms with Crippen LogP contribution in [-0.2, 0) is 9.53 Å². The van der Waals surface area contributed by atoms with Crippen molar-refractivity contribution >= 4 is 11.8 Å². The second-order valence-electron chi connectivity index (χ2n) is 10.5. The van der Waals surface area contributed by atoms with Gasteiger partial charge in [-0.25, -0.2) is 0 Å². The molecule has 0 unspecified atom stereocenters. The first-order valence-corrected chi connectivity index (χ1v) is 13.0. The summed E-state index contributed by atoms with van der Waals surface area (Å²) >= 11 is 0. The van der Waals surface area contributed by atoms with Crippen LogP contribution in [0.3, 0.4) is 0 Å². The van der Waals surface area contributed by atoms with Crippen LogP contribution in [0.4, 0.5) is 0 Å². The quantitative estimate of drug-likeness (QED) is 0.272. The van der Waals surface area contributed by atoms with E-state index in [1.54, 1.807) is 6.92 Å². The number of rotatable bonds is 8. The average Bonchev–Trinajstić information content (AvgIpc) is 3.53. The van der Waals surface area contributed by atoms with E-state index in [1.807, 2.05) is 18.3 Å². The van der Waals surface area contributed by atoms with Crippen LogP contribution < -0.4 is 0 Å². The predicted octanol–water partition coefficient (Wildman–Crippen LogP) is 6.21. The maximum Gasteiger partial charge on any atom is 0.308 e. The standard InChI is InChI=1S/C29H39NO4/c1-4-20(28-18(2)13-16-25(34-28)19(3)29(32)33)8-5-10-22-15-14-21-9-6-11-23(21)26(22)27(31)24-12-7-17-30-24/h5,7-8,10,12,14-15,17-19,21-23,25-26,28,30H,4,6,9,11,13,16H2,1-3H3,(H,32,33)/b10-5+,20-8-/t18-,19-,21+,22+,23-,25+,26+,28-/m0/s1. The molecule has 1 aliphatic heterocycles. The van der Waals surface area contributed by atoms with Crippen molar-refractivity contribution in [3.63, 3.8) is 0 Å². The summed E-state index contributed by atoms with van der Waals surface area (Å²) in [7, 11) is 0. The Bertz CT molecular complexity index is 943. The summed E-state index contributed by atoms with van der Waals surface area (Å²) in [5.41, 5.74) is 1.90. The molecule has 2 N–H and O–H groups in total. The number of nitrogens with one attached hydrogen (secondary N) is 1. The Balaban J connectivity index is 1.53. The number of allylic oxidation sites excluding steroid dienone is 5. The van der Waals surface area contributed by atoms with E-state index in [9.17, 15) is 14.7 Å². The molecule has 2 aliphatic carbocycles. The number of aromatic amines is 1. The molecule has 34 heavy (non-hydrogen) atoms. The van der Waals surface area contributed by atoms with Crippen molar-refractivity contribution in [1.82, 2.24) is 4.98 Å². The first-order chi connectivity index (χ1) is 16.4. The van der Waals surface area contributed by atoms with Crippen LogP contribution in [0.5, 0.6) is 0 Å². The molecule has 1 aromatic heterocycles. The van der Waals surface area contributed by atoms with Crippen molar-refractivity contribution < 1.29 is 19.4 Å². The molecule has 1 saturated heterocycles. The van der Waals surface area contributed by atoms with Crippen molar-refractivity contribution in [2.45, 2.75) is 71.5 Å². The van der Waals surface area contributed by atoms with E-state index >= 15 is 0 Å². The third-order valence-corrected chi connectivity index (χ3v) is 8.36. The van der Waals surface area contributed by atoms with Gasteiger partial charge in [0.2, 0.25) is 0 Å². The van der Waals surface area contributed by atoms with Crippen LogP contribution in [0.2, 0.25) is 0 Å². The molecule has 184 valence electrons. The molecule has 2 heterocycles. The average molecular weight is 466 g/mol. The maximum atomic E-state index is 13.4. The number of carboxylic acid groups (broad SMARTS) is 1. The minimum absolute atomic E-state index is 0.0310. The topological polar surface area (TPSA) is 79.4 Å². The molecule has 0 spiro atoms. The van der Waals surface area contributed by atoms with Crippen molar-refractivity contribution in [3.05, 3.63) is 60.0 Å². The van der Waals surface area contributed by atoms with Gasteiger partial charge in [0, 0.05) is 18.0 Å². The van der Waals surface area contributed by atoms with Gasteiger partial charge in [0.15, 0.2) is 5.78 Å². The zero-order valence-corrected chi connectivity index (χ0v) is 20.7. The number of aliphatic carboxylic acids is 1. The van der Waals surface area contributed by atoms with Gasteiger partial charge in [0.1, 0.15) is 0 Å². The minimum Gasteiger partial charge on any atom is -0.481 e. The van der Waals surface area contributed by atoms with E-state index in [0.29, 0.717) is 23.4 Å². The molecular weight excluding hydrogens is 426 g/mol. The van der Waals surface area contributed by atoms with E-state index in [2.05, 4.69) is 49.2 Å². The molecule has 5 nitrogen and oxygen atoms in total. The van der Waals surface area contributed by atoms with E-state index in [1.165, 1.54) is 18.4 Å². The summed E-state index contributed by atoms with van der Waals surface area (Å²) in [5, 5.41) is 9.43. The highest BCUT2D eigenvalue weighted by atomic mass is 16.5. The fraction of sp³-hybridized carbons (Fsp3) is 0.586. The van der Waals surface area contributed by atoms with E-state index in [0.717, 1.165) is 25.7 Å². The summed E-state index contributed by atoms with van der Waals surface area (Å²) < 4.78 is 6.33. The van der Waals surface area contributed by atoms with Gasteiger partial charge in [-0.1, -0.05) is 50.6 Å². The second kappa shape index (κ2) is 10.9. The number of H-pyrrole nitrogens is 1. The van der Waals surface area contributed by atoms with Gasteiger partial charge in [-0.2, -0.15) is 0 Å². The number of aromatic nitrogens is 1. The highest BCUT2D eigenvalue weighted by Crippen LogP contribution is 2.46. The second-order valence-corrected chi connectivity index (χ2v) is 10.5. The van der Waals surface area contributed by atoms with E-state index in [4.69, 9.17) is 4.74 Å². The Hall–Kier alpha value is -2.40. The predicted molar refractivity (Wildman–Crippen MR) is 133 cm³/mol. The molecule has 0 aromatic carbocycles. The third-order valence-electron chi connectivity index (χ3n) is 8.36. The lowest BCUT2D eigenvalue weighted by Gasteiger charge is -2.37. The molecule has 4 rings (SSSR count). The number of hydrogen-bond acceptors (Lipinski definition) is 3. The van der Waals surface area contributed by atoms with Crippen molar-refractivity contribution in [1.29, 1.82) is 0 Å². The normalized spacial score (nSPS) is 34.8. The Morgan fingerprint density at radius 2 is 2.06 bits per heavy atom. The number of hydrogen-bond donors (Lipinski definition) is 2. The van der Waals surface area contributed by atoms with Gasteiger partial charge >= 0.3 is 5.97 Å². The fourth-order valence-electron chi connectivity index (χ4n) is 6.26. The number of carboxylic acids is 1. The lowest BCUT2D eigenvalue weighted by molar-refractivity contribution is -0.152. The number of ketones is 1. The molecular formula is C29H39NO4. The Kier molecular flexibility index (Phi) is 7.92. The van der Waals surface area contributed by atoms with Crippen LogP contribution in [0, 0.1) is 35.5 Å². The smallest absolute Gasteiger partial charge is 0.308 e. The summed E-state index contributed by atoms with van der Waals surface area (Å²) in [6.07, 6.45) is 18.6. The highest BCUT2D eigenvalue weighted by molar-refractivity contribution is 5.97. The summed E-state index contributed by atoms with van der Waals surface area (Å²) in [6.45, 7) is 6.05. The fourth-order valence-corrected chi connectivity index (χ4v) is 6.26. The zero-order valence-electron chi connectivity index (χ0n) is 20.7. The monoisotopic (exact) mass is 465 g/mol. The van der Waals surface area contributed by atoms with Gasteiger partial charge < -0.3 is 14.8 Å². The van der Waals surface area contributed by atoms with Crippen LogP contribution >= 0.6 is 0 Å². The van der Waals surface area contributed by atoms with Gasteiger partial charge in [-0.3, -0.25) is 9.59 Å². The van der Waals surface area contributed by atoms with E-state index < -0.39 is 11.9 Å². The number of fused-ring (bicyclic) bond motifs is 1. The molecule has 3 aliphatic rings. The Morgan fingerprint density at radius 1 is 1.24 bits per heavy atom. The molecule has 0 amide bonds. The zero-order chi connectivity index (χ0) is 24.2. The largest absolute Gasteiger partial charge is 0.481 e. The van der Waals surface area contributed by atoms with Gasteiger partial charge in [0.05, 0.1) is 23.8 Å². The number of Topliss-reactive ketones (excluding diaryl/α,β-unsaturated/α-hetero) is 1. The van der Waals surface area contributed by atoms with Crippen molar-refractivity contribution in [3.8, 4) is 0 Å². The Morgan fingerprint density at radius 3 is 2.76 bits per heavy atom. The van der Waals surface area contributed by atoms with Gasteiger partial charge in [-0.15, -0.1) is 0 Å². The minimum atomic E-state index is -0.799. The molecule has 2 fully saturated rings. The van der Waals surface area contributed by atoms with Crippen molar-refractivity contribution in [2.24, 2.45) is 35.5 Å². The van der Waals surface area contributed by atoms with Crippen LogP contribution in [-0.4, -0.2) is 34.1 Å². The number of carbonyl (C=O) groups excluding carboxylic acids is 1. The molecule has 1 aromatic rings. The lowest BCUT2D eigenvalue weighted by atomic mass is 9.69. The molecule has 0 radical (unpaired) electrons. The van der Waals surface area contributed by atoms with Crippen LogP contribution in [0.25, 0.3) is 0 Å². The summed E-state index contributed by atoms with van der Waals surface area (Å²) in [6, 6.07) is 3.78. The lowest BCUT2D eigenvalue weighted by Crippen LogP contribution is -2.40. The summed E-state index contributed by atoms with van der Waals surface area (Å²) in [5.74, 6) is 0.237. The number of ether oxygens (including phenoxy) is 1. The van der Waals surface area contributed by atoms with Gasteiger partial charge in [0.25, 0.3) is 0 Å². The molecule has 0 bridgehead atoms. The molecule has 8 atom stereocenters. The number of carbonyl (C=O) groups is 2.